The highest BCUT2D eigenvalue weighted by atomic mass is 16.7. The molecule has 11 N–H and O–H groups in total. The SMILES string of the molecule is C[C@@H]1C[C@@H](CO)N(C(=O)CCCCCCC(=O)[C@@H](CCCCNC(=O)CCCCCC2CC(CO)C(O)C(O)C2O)NC(=O)CCCCOC2OC(CO)C(O)C(O)C2O)C1. The fraction of sp³-hybridized carbons (Fsp3) is 0.907. The molecule has 354 valence electrons. The monoisotopic (exact) mass is 876 g/mol. The number of Topliss-reactive ketones (excluding diaryl/α,β-unsaturated/α-hetero) is 1. The lowest BCUT2D eigenvalue weighted by Gasteiger charge is -2.40. The number of nitrogens with zero attached hydrogens (tertiary/aromatic N) is 1. The fourth-order valence-electron chi connectivity index (χ4n) is 8.81. The Balaban J connectivity index is 1.36. The number of hydrogen-bond donors (Lipinski definition) is 11. The second-order valence-corrected chi connectivity index (χ2v) is 17.6. The first kappa shape index (κ1) is 53.0. The summed E-state index contributed by atoms with van der Waals surface area (Å²) in [7, 11) is 0. The van der Waals surface area contributed by atoms with E-state index in [1.807, 2.05) is 0 Å². The molecular weight excluding hydrogens is 798 g/mol. The number of carbonyl (C=O) groups is 4. The van der Waals surface area contributed by atoms with Gasteiger partial charge in [0, 0.05) is 57.9 Å². The van der Waals surface area contributed by atoms with Gasteiger partial charge >= 0.3 is 0 Å². The topological polar surface area (TPSA) is 296 Å². The molecule has 0 aromatic heterocycles. The Morgan fingerprint density at radius 3 is 2.00 bits per heavy atom. The van der Waals surface area contributed by atoms with Gasteiger partial charge in [-0.05, 0) is 82.5 Å². The lowest BCUT2D eigenvalue weighted by Crippen LogP contribution is -2.59. The average Bonchev–Trinajstić information content (AvgIpc) is 3.64. The summed E-state index contributed by atoms with van der Waals surface area (Å²) in [6, 6.07) is -0.821. The Kier molecular flexibility index (Phi) is 24.7. The summed E-state index contributed by atoms with van der Waals surface area (Å²) >= 11 is 0. The van der Waals surface area contributed by atoms with Crippen LogP contribution in [-0.4, -0.2) is 175 Å². The molecule has 61 heavy (non-hydrogen) atoms. The zero-order valence-electron chi connectivity index (χ0n) is 36.1. The third-order valence-corrected chi connectivity index (χ3v) is 12.6. The fourth-order valence-corrected chi connectivity index (χ4v) is 8.81. The van der Waals surface area contributed by atoms with E-state index >= 15 is 0 Å². The maximum Gasteiger partial charge on any atom is 0.222 e. The van der Waals surface area contributed by atoms with Crippen LogP contribution >= 0.6 is 0 Å². The molecule has 18 nitrogen and oxygen atoms in total. The number of amides is 3. The molecule has 0 spiro atoms. The normalized spacial score (nSPS) is 30.9. The number of aliphatic hydroxyl groups is 9. The Hall–Kier alpha value is -2.36. The van der Waals surface area contributed by atoms with Gasteiger partial charge in [-0.3, -0.25) is 19.2 Å². The molecule has 0 aromatic rings. The minimum atomic E-state index is -1.55. The molecule has 1 saturated carbocycles. The third-order valence-electron chi connectivity index (χ3n) is 12.6. The van der Waals surface area contributed by atoms with Gasteiger partial charge in [0.2, 0.25) is 17.7 Å². The highest BCUT2D eigenvalue weighted by Gasteiger charge is 2.44. The molecule has 1 aliphatic carbocycles. The van der Waals surface area contributed by atoms with E-state index in [1.54, 1.807) is 4.90 Å². The summed E-state index contributed by atoms with van der Waals surface area (Å²) in [4.78, 5) is 53.3. The lowest BCUT2D eigenvalue weighted by molar-refractivity contribution is -0.301. The molecule has 18 heteroatoms. The molecule has 2 heterocycles. The number of likely N-dealkylation sites (tertiary alicyclic amines) is 1. The molecule has 3 rings (SSSR count). The summed E-state index contributed by atoms with van der Waals surface area (Å²) in [5.41, 5.74) is 0. The van der Waals surface area contributed by atoms with Crippen LogP contribution < -0.4 is 10.6 Å². The standard InChI is InChI=1S/C43H77N3O15/c1-27-21-30(25-48)46(23-27)36(53)18-8-3-2-6-15-32(50)31(45-35(52)17-10-12-20-60-43-42(59)41(58)39(56)33(26-49)61-43)14-9-11-19-44-34(51)16-7-4-5-13-28-22-29(24-47)38(55)40(57)37(28)54/h27-31,33,37-43,47-49,54-59H,2-26H2,1H3,(H,44,51)(H,45,52)/t27-,28?,29?,30+,31-,33?,37?,38?,39?,40?,41?,42?,43?/m1/s1. The van der Waals surface area contributed by atoms with E-state index in [9.17, 15) is 65.1 Å². The third kappa shape index (κ3) is 17.6. The van der Waals surface area contributed by atoms with Gasteiger partial charge in [0.1, 0.15) is 30.5 Å². The number of ether oxygens (including phenoxy) is 2. The summed E-state index contributed by atoms with van der Waals surface area (Å²) in [6.07, 6.45) is -0.144. The second-order valence-electron chi connectivity index (χ2n) is 17.6. The van der Waals surface area contributed by atoms with E-state index in [0.717, 1.165) is 32.1 Å². The van der Waals surface area contributed by atoms with Crippen LogP contribution in [0.2, 0.25) is 0 Å². The summed E-state index contributed by atoms with van der Waals surface area (Å²) in [5.74, 6) is -0.785. The van der Waals surface area contributed by atoms with Crippen molar-refractivity contribution < 1.29 is 74.6 Å². The summed E-state index contributed by atoms with van der Waals surface area (Å²) < 4.78 is 10.8. The first-order valence-electron chi connectivity index (χ1n) is 22.8. The van der Waals surface area contributed by atoms with Crippen LogP contribution in [0.5, 0.6) is 0 Å². The van der Waals surface area contributed by atoms with Gasteiger partial charge in [-0.25, -0.2) is 0 Å². The highest BCUT2D eigenvalue weighted by molar-refractivity contribution is 5.89. The van der Waals surface area contributed by atoms with Crippen molar-refractivity contribution in [1.82, 2.24) is 15.5 Å². The van der Waals surface area contributed by atoms with E-state index in [4.69, 9.17) is 9.47 Å². The van der Waals surface area contributed by atoms with Crippen molar-refractivity contribution in [3.8, 4) is 0 Å². The minimum absolute atomic E-state index is 0.0325. The van der Waals surface area contributed by atoms with Crippen LogP contribution in [0.15, 0.2) is 0 Å². The molecule has 0 aromatic carbocycles. The lowest BCUT2D eigenvalue weighted by atomic mass is 9.74. The zero-order chi connectivity index (χ0) is 44.9. The number of hydrogen-bond acceptors (Lipinski definition) is 15. The number of ketones is 1. The number of unbranched alkanes of at least 4 members (excludes halogenated alkanes) is 7. The first-order chi connectivity index (χ1) is 29.2. The number of rotatable bonds is 29. The maximum absolute atomic E-state index is 13.4. The van der Waals surface area contributed by atoms with Gasteiger partial charge in [-0.15, -0.1) is 0 Å². The van der Waals surface area contributed by atoms with Crippen molar-refractivity contribution in [1.29, 1.82) is 0 Å². The van der Waals surface area contributed by atoms with Gasteiger partial charge in [0.15, 0.2) is 12.1 Å². The first-order valence-corrected chi connectivity index (χ1v) is 22.8. The predicted octanol–water partition coefficient (Wildman–Crippen LogP) is -0.455. The Bertz CT molecular complexity index is 1290. The van der Waals surface area contributed by atoms with E-state index < -0.39 is 67.6 Å². The summed E-state index contributed by atoms with van der Waals surface area (Å²) in [5, 5.41) is 94.8. The second kappa shape index (κ2) is 28.4. The minimum Gasteiger partial charge on any atom is -0.396 e. The van der Waals surface area contributed by atoms with Crippen molar-refractivity contribution >= 4 is 23.5 Å². The van der Waals surface area contributed by atoms with E-state index in [2.05, 4.69) is 17.6 Å². The highest BCUT2D eigenvalue weighted by Crippen LogP contribution is 2.33. The van der Waals surface area contributed by atoms with E-state index in [-0.39, 0.29) is 68.1 Å². The van der Waals surface area contributed by atoms with Crippen LogP contribution in [-0.2, 0) is 28.7 Å². The van der Waals surface area contributed by atoms with Crippen LogP contribution in [0.25, 0.3) is 0 Å². The predicted molar refractivity (Wildman–Crippen MR) is 221 cm³/mol. The van der Waals surface area contributed by atoms with Gasteiger partial charge in [-0.1, -0.05) is 32.6 Å². The van der Waals surface area contributed by atoms with Crippen molar-refractivity contribution in [2.45, 2.75) is 190 Å². The number of aliphatic hydroxyl groups excluding tert-OH is 9. The van der Waals surface area contributed by atoms with Crippen molar-refractivity contribution in [3.05, 3.63) is 0 Å². The summed E-state index contributed by atoms with van der Waals surface area (Å²) in [6.45, 7) is 2.35. The number of carbonyl (C=O) groups excluding carboxylic acids is 4. The van der Waals surface area contributed by atoms with Crippen LogP contribution in [0.4, 0.5) is 0 Å². The smallest absolute Gasteiger partial charge is 0.222 e. The van der Waals surface area contributed by atoms with Gasteiger partial charge in [0.25, 0.3) is 0 Å². The Morgan fingerprint density at radius 2 is 1.30 bits per heavy atom. The van der Waals surface area contributed by atoms with Crippen LogP contribution in [0.1, 0.15) is 129 Å². The molecule has 3 aliphatic rings. The molecule has 0 radical (unpaired) electrons. The quantitative estimate of drug-likeness (QED) is 0.0424. The van der Waals surface area contributed by atoms with Gasteiger partial charge in [-0.2, -0.15) is 0 Å². The molecule has 10 unspecified atom stereocenters. The van der Waals surface area contributed by atoms with Gasteiger partial charge < -0.3 is 71.0 Å². The average molecular weight is 876 g/mol. The van der Waals surface area contributed by atoms with Crippen LogP contribution in [0.3, 0.4) is 0 Å². The largest absolute Gasteiger partial charge is 0.396 e. The zero-order valence-corrected chi connectivity index (χ0v) is 36.1. The van der Waals surface area contributed by atoms with E-state index in [0.29, 0.717) is 96.1 Å². The molecule has 13 atom stereocenters. The molecular formula is C43H77N3O15. The van der Waals surface area contributed by atoms with Crippen molar-refractivity contribution in [2.75, 3.05) is 39.5 Å². The van der Waals surface area contributed by atoms with Crippen molar-refractivity contribution in [3.63, 3.8) is 0 Å². The Morgan fingerprint density at radius 1 is 0.656 bits per heavy atom. The van der Waals surface area contributed by atoms with Crippen molar-refractivity contribution in [2.24, 2.45) is 17.8 Å². The molecule has 3 fully saturated rings. The number of nitrogens with one attached hydrogen (secondary N) is 2. The molecule has 2 saturated heterocycles. The van der Waals surface area contributed by atoms with Gasteiger partial charge in [0.05, 0.1) is 37.5 Å². The van der Waals surface area contributed by atoms with Crippen LogP contribution in [0, 0.1) is 17.8 Å². The molecule has 0 bridgehead atoms. The molecule has 2 aliphatic heterocycles. The maximum atomic E-state index is 13.4. The molecule has 3 amide bonds. The Labute approximate surface area is 360 Å². The van der Waals surface area contributed by atoms with E-state index in [1.165, 1.54) is 0 Å².